The Balaban J connectivity index is 0. The van der Waals surface area contributed by atoms with Crippen molar-refractivity contribution in [3.63, 3.8) is 0 Å². The van der Waals surface area contributed by atoms with E-state index in [1.54, 1.807) is 6.92 Å². The van der Waals surface area contributed by atoms with E-state index in [9.17, 15) is 18.1 Å². The van der Waals surface area contributed by atoms with Crippen molar-refractivity contribution < 1.29 is 69.5 Å². The Labute approximate surface area is 167 Å². The van der Waals surface area contributed by atoms with Crippen LogP contribution in [0, 0.1) is 0 Å². The molecule has 0 aliphatic rings. The Kier molecular flexibility index (Phi) is 16.8. The molecule has 0 rings (SSSR count). The molecule has 0 saturated heterocycles. The molecule has 0 heterocycles. The second-order valence-corrected chi connectivity index (χ2v) is 6.86. The Morgan fingerprint density at radius 1 is 0.950 bits per heavy atom. The van der Waals surface area contributed by atoms with E-state index in [0.29, 0.717) is 12.8 Å². The first-order chi connectivity index (χ1) is 8.93. The van der Waals surface area contributed by atoms with Gasteiger partial charge >= 0.3 is 51.4 Å². The third-order valence-electron chi connectivity index (χ3n) is 3.56. The summed E-state index contributed by atoms with van der Waals surface area (Å²) in [7, 11) is -4.38. The quantitative estimate of drug-likeness (QED) is 0.315. The fraction of sp³-hybridized carbons (Fsp3) is 1.00. The number of unbranched alkanes of at least 4 members (excludes halogenated alkanes) is 7. The summed E-state index contributed by atoms with van der Waals surface area (Å²) >= 11 is 0. The molecule has 0 fully saturated rings. The van der Waals surface area contributed by atoms with Crippen LogP contribution in [0.5, 0.6) is 0 Å². The van der Waals surface area contributed by atoms with E-state index < -0.39 is 21.5 Å². The molecule has 116 valence electrons. The smallest absolute Gasteiger partial charge is 0.748 e. The average molecular weight is 333 g/mol. The second-order valence-electron chi connectivity index (χ2n) is 5.27. The third kappa shape index (κ3) is 12.1. The molecule has 4 nitrogen and oxygen atoms in total. The van der Waals surface area contributed by atoms with Crippen LogP contribution in [-0.4, -0.2) is 29.4 Å². The van der Waals surface area contributed by atoms with Gasteiger partial charge in [-0.05, 0) is 12.8 Å². The van der Waals surface area contributed by atoms with Crippen LogP contribution in [0.4, 0.5) is 0 Å². The first-order valence-corrected chi connectivity index (χ1v) is 9.03. The summed E-state index contributed by atoms with van der Waals surface area (Å²) in [5.74, 6) is 0. The SMILES string of the molecule is CCCCCCCCCCC(C(O)CC)S(=O)(=O)[O-].[K+]. The van der Waals surface area contributed by atoms with Gasteiger partial charge in [-0.1, -0.05) is 65.2 Å². The van der Waals surface area contributed by atoms with Gasteiger partial charge in [-0.25, -0.2) is 8.42 Å². The molecule has 0 saturated carbocycles. The summed E-state index contributed by atoms with van der Waals surface area (Å²) < 4.78 is 33.2. The van der Waals surface area contributed by atoms with Crippen LogP contribution in [0.25, 0.3) is 0 Å². The number of hydrogen-bond acceptors (Lipinski definition) is 4. The van der Waals surface area contributed by atoms with Gasteiger partial charge in [0.15, 0.2) is 0 Å². The van der Waals surface area contributed by atoms with Gasteiger partial charge in [0.1, 0.15) is 10.1 Å². The normalized spacial score (nSPS) is 14.6. The number of aliphatic hydroxyl groups is 1. The van der Waals surface area contributed by atoms with Crippen molar-refractivity contribution in [1.82, 2.24) is 0 Å². The Morgan fingerprint density at radius 3 is 1.80 bits per heavy atom. The summed E-state index contributed by atoms with van der Waals surface area (Å²) in [6, 6.07) is 0. The molecule has 0 radical (unpaired) electrons. The zero-order valence-corrected chi connectivity index (χ0v) is 17.2. The minimum atomic E-state index is -4.38. The van der Waals surface area contributed by atoms with Crippen LogP contribution in [0.1, 0.15) is 78.1 Å². The van der Waals surface area contributed by atoms with E-state index in [1.807, 2.05) is 0 Å². The Bertz CT molecular complexity index is 306. The fourth-order valence-corrected chi connectivity index (χ4v) is 3.30. The molecule has 0 aromatic heterocycles. The number of rotatable bonds is 12. The first-order valence-electron chi connectivity index (χ1n) is 7.56. The molecule has 2 atom stereocenters. The summed E-state index contributed by atoms with van der Waals surface area (Å²) in [5, 5.41) is 8.45. The molecular formula is C14H29KO4S. The van der Waals surface area contributed by atoms with Gasteiger partial charge in [0, 0.05) is 0 Å². The second kappa shape index (κ2) is 14.1. The zero-order chi connectivity index (χ0) is 14.7. The maximum Gasteiger partial charge on any atom is 1.00 e. The monoisotopic (exact) mass is 332 g/mol. The van der Waals surface area contributed by atoms with Crippen molar-refractivity contribution in [2.24, 2.45) is 0 Å². The van der Waals surface area contributed by atoms with Crippen LogP contribution in [0.2, 0.25) is 0 Å². The van der Waals surface area contributed by atoms with Crippen molar-refractivity contribution in [2.75, 3.05) is 0 Å². The molecule has 0 aromatic rings. The Hall–Kier alpha value is 1.51. The summed E-state index contributed by atoms with van der Waals surface area (Å²) in [6.07, 6.45) is 8.48. The minimum absolute atomic E-state index is 0. The van der Waals surface area contributed by atoms with E-state index in [0.717, 1.165) is 12.8 Å². The van der Waals surface area contributed by atoms with Gasteiger partial charge < -0.3 is 9.66 Å². The molecule has 1 N–H and O–H groups in total. The summed E-state index contributed by atoms with van der Waals surface area (Å²) in [6.45, 7) is 3.87. The molecule has 0 aromatic carbocycles. The van der Waals surface area contributed by atoms with Gasteiger partial charge in [-0.15, -0.1) is 0 Å². The largest absolute Gasteiger partial charge is 1.00 e. The van der Waals surface area contributed by atoms with Gasteiger partial charge in [-0.2, -0.15) is 0 Å². The molecule has 0 bridgehead atoms. The third-order valence-corrected chi connectivity index (χ3v) is 4.85. The predicted molar refractivity (Wildman–Crippen MR) is 77.0 cm³/mol. The molecule has 0 amide bonds. The first kappa shape index (κ1) is 23.8. The Morgan fingerprint density at radius 2 is 1.40 bits per heavy atom. The fourth-order valence-electron chi connectivity index (χ4n) is 2.27. The summed E-state index contributed by atoms with van der Waals surface area (Å²) in [4.78, 5) is 0. The van der Waals surface area contributed by atoms with Gasteiger partial charge in [0.25, 0.3) is 0 Å². The zero-order valence-electron chi connectivity index (χ0n) is 13.3. The van der Waals surface area contributed by atoms with Crippen LogP contribution in [0.3, 0.4) is 0 Å². The molecule has 0 aliphatic carbocycles. The molecule has 2 unspecified atom stereocenters. The molecule has 0 spiro atoms. The van der Waals surface area contributed by atoms with Crippen molar-refractivity contribution >= 4 is 10.1 Å². The summed E-state index contributed by atoms with van der Waals surface area (Å²) in [5.41, 5.74) is 0. The van der Waals surface area contributed by atoms with Crippen molar-refractivity contribution in [2.45, 2.75) is 89.4 Å². The minimum Gasteiger partial charge on any atom is -0.748 e. The van der Waals surface area contributed by atoms with E-state index in [4.69, 9.17) is 0 Å². The van der Waals surface area contributed by atoms with E-state index >= 15 is 0 Å². The standard InChI is InChI=1S/C14H30O4S.K/c1-3-5-6-7-8-9-10-11-12-14(13(15)4-2)19(16,17)18;/h13-15H,3-12H2,1-2H3,(H,16,17,18);/q;+1/p-1. The topological polar surface area (TPSA) is 77.4 Å². The van der Waals surface area contributed by atoms with E-state index in [-0.39, 0.29) is 57.8 Å². The molecule has 0 aliphatic heterocycles. The van der Waals surface area contributed by atoms with Crippen molar-refractivity contribution in [1.29, 1.82) is 0 Å². The van der Waals surface area contributed by atoms with E-state index in [1.165, 1.54) is 32.1 Å². The molecule has 6 heteroatoms. The van der Waals surface area contributed by atoms with Crippen LogP contribution in [-0.2, 0) is 10.1 Å². The van der Waals surface area contributed by atoms with E-state index in [2.05, 4.69) is 6.92 Å². The van der Waals surface area contributed by atoms with Gasteiger partial charge in [-0.3, -0.25) is 0 Å². The number of aliphatic hydroxyl groups excluding tert-OH is 1. The van der Waals surface area contributed by atoms with Crippen LogP contribution in [0.15, 0.2) is 0 Å². The van der Waals surface area contributed by atoms with Gasteiger partial charge in [0.2, 0.25) is 0 Å². The van der Waals surface area contributed by atoms with Crippen LogP contribution < -0.4 is 51.4 Å². The maximum absolute atomic E-state index is 11.1. The molecular weight excluding hydrogens is 303 g/mol. The molecule has 20 heavy (non-hydrogen) atoms. The van der Waals surface area contributed by atoms with Crippen molar-refractivity contribution in [3.8, 4) is 0 Å². The predicted octanol–water partition coefficient (Wildman–Crippen LogP) is 0.206. The van der Waals surface area contributed by atoms with Crippen molar-refractivity contribution in [3.05, 3.63) is 0 Å². The maximum atomic E-state index is 11.1. The van der Waals surface area contributed by atoms with Crippen LogP contribution >= 0.6 is 0 Å². The average Bonchev–Trinajstić information content (AvgIpc) is 2.34. The van der Waals surface area contributed by atoms with Gasteiger partial charge in [0.05, 0.1) is 11.4 Å². The number of hydrogen-bond donors (Lipinski definition) is 1.